The van der Waals surface area contributed by atoms with Gasteiger partial charge in [0.2, 0.25) is 5.91 Å². The molecule has 0 bridgehead atoms. The van der Waals surface area contributed by atoms with Crippen LogP contribution in [0.15, 0.2) is 23.1 Å². The highest BCUT2D eigenvalue weighted by molar-refractivity contribution is 7.98. The van der Waals surface area contributed by atoms with E-state index in [4.69, 9.17) is 4.74 Å². The van der Waals surface area contributed by atoms with Gasteiger partial charge in [0.1, 0.15) is 5.75 Å². The molecule has 2 rings (SSSR count). The summed E-state index contributed by atoms with van der Waals surface area (Å²) < 4.78 is 5.42. The van der Waals surface area contributed by atoms with Gasteiger partial charge in [0.25, 0.3) is 0 Å². The van der Waals surface area contributed by atoms with E-state index in [2.05, 4.69) is 17.4 Å². The van der Waals surface area contributed by atoms with Crippen molar-refractivity contribution in [3.8, 4) is 5.75 Å². The smallest absolute Gasteiger partial charge is 0.222 e. The van der Waals surface area contributed by atoms with Crippen molar-refractivity contribution in [3.63, 3.8) is 0 Å². The number of ether oxygens (including phenoxy) is 1. The number of halogens is 1. The number of amides is 1. The van der Waals surface area contributed by atoms with Gasteiger partial charge < -0.3 is 15.0 Å². The Morgan fingerprint density at radius 2 is 2.08 bits per heavy atom. The first kappa shape index (κ1) is 21.1. The first-order chi connectivity index (χ1) is 11.1. The predicted octanol–water partition coefficient (Wildman–Crippen LogP) is 3.58. The molecule has 1 aromatic carbocycles. The zero-order chi connectivity index (χ0) is 16.7. The Bertz CT molecular complexity index is 522. The molecule has 1 fully saturated rings. The molecule has 6 heteroatoms. The number of benzene rings is 1. The summed E-state index contributed by atoms with van der Waals surface area (Å²) in [6.07, 6.45) is 6.10. The van der Waals surface area contributed by atoms with Crippen LogP contribution in [0.1, 0.15) is 31.2 Å². The summed E-state index contributed by atoms with van der Waals surface area (Å²) in [6, 6.07) is 6.17. The minimum absolute atomic E-state index is 0. The second-order valence-electron chi connectivity index (χ2n) is 6.17. The fourth-order valence-electron chi connectivity index (χ4n) is 3.03. The van der Waals surface area contributed by atoms with E-state index >= 15 is 0 Å². The van der Waals surface area contributed by atoms with Gasteiger partial charge in [-0.1, -0.05) is 6.07 Å². The van der Waals surface area contributed by atoms with Crippen molar-refractivity contribution in [1.29, 1.82) is 0 Å². The number of hydrogen-bond donors (Lipinski definition) is 1. The Hall–Kier alpha value is -0.910. The van der Waals surface area contributed by atoms with Crippen LogP contribution in [-0.2, 0) is 11.3 Å². The monoisotopic (exact) mass is 372 g/mol. The maximum atomic E-state index is 12.3. The van der Waals surface area contributed by atoms with Crippen LogP contribution in [-0.4, -0.2) is 44.3 Å². The highest BCUT2D eigenvalue weighted by atomic mass is 35.5. The number of nitrogens with zero attached hydrogens (tertiary/aromatic N) is 1. The Morgan fingerprint density at radius 3 is 2.71 bits per heavy atom. The van der Waals surface area contributed by atoms with Gasteiger partial charge in [-0.3, -0.25) is 4.79 Å². The van der Waals surface area contributed by atoms with E-state index in [9.17, 15) is 4.79 Å². The molecule has 1 aliphatic heterocycles. The highest BCUT2D eigenvalue weighted by Gasteiger charge is 2.16. The summed E-state index contributed by atoms with van der Waals surface area (Å²) in [5, 5.41) is 3.37. The van der Waals surface area contributed by atoms with Crippen LogP contribution >= 0.6 is 24.2 Å². The van der Waals surface area contributed by atoms with Gasteiger partial charge in [-0.05, 0) is 62.2 Å². The van der Waals surface area contributed by atoms with Gasteiger partial charge in [-0.25, -0.2) is 0 Å². The predicted molar refractivity (Wildman–Crippen MR) is 103 cm³/mol. The number of thioether (sulfide) groups is 1. The van der Waals surface area contributed by atoms with Crippen LogP contribution in [0.25, 0.3) is 0 Å². The van der Waals surface area contributed by atoms with E-state index in [1.807, 2.05) is 24.3 Å². The number of carbonyl (C=O) groups is 1. The van der Waals surface area contributed by atoms with Gasteiger partial charge in [0.05, 0.1) is 7.11 Å². The van der Waals surface area contributed by atoms with Crippen molar-refractivity contribution in [3.05, 3.63) is 23.8 Å². The lowest BCUT2D eigenvalue weighted by Crippen LogP contribution is -2.30. The summed E-state index contributed by atoms with van der Waals surface area (Å²) in [5.41, 5.74) is 1.11. The number of methoxy groups -OCH3 is 1. The molecular formula is C18H29ClN2O2S. The molecule has 1 saturated heterocycles. The zero-order valence-electron chi connectivity index (χ0n) is 14.8. The van der Waals surface area contributed by atoms with Crippen molar-refractivity contribution in [1.82, 2.24) is 10.2 Å². The van der Waals surface area contributed by atoms with Crippen molar-refractivity contribution in [2.45, 2.75) is 37.1 Å². The van der Waals surface area contributed by atoms with Gasteiger partial charge in [0.15, 0.2) is 0 Å². The molecule has 1 amide bonds. The molecule has 24 heavy (non-hydrogen) atoms. The van der Waals surface area contributed by atoms with Crippen LogP contribution in [0, 0.1) is 5.92 Å². The van der Waals surface area contributed by atoms with E-state index in [0.29, 0.717) is 18.9 Å². The third-order valence-electron chi connectivity index (χ3n) is 4.52. The number of nitrogens with one attached hydrogen (secondary N) is 1. The SMILES string of the molecule is COc1cc(CN(C)C(=O)CCC2CCNCC2)ccc1SC.Cl. The molecule has 0 radical (unpaired) electrons. The lowest BCUT2D eigenvalue weighted by Gasteiger charge is -2.24. The fourth-order valence-corrected chi connectivity index (χ4v) is 3.58. The van der Waals surface area contributed by atoms with Crippen LogP contribution in [0.2, 0.25) is 0 Å². The maximum absolute atomic E-state index is 12.3. The van der Waals surface area contributed by atoms with Crippen LogP contribution < -0.4 is 10.1 Å². The van der Waals surface area contributed by atoms with Crippen molar-refractivity contribution >= 4 is 30.1 Å². The molecule has 0 aliphatic carbocycles. The van der Waals surface area contributed by atoms with Gasteiger partial charge >= 0.3 is 0 Å². The molecule has 1 heterocycles. The first-order valence-electron chi connectivity index (χ1n) is 8.29. The summed E-state index contributed by atoms with van der Waals surface area (Å²) in [4.78, 5) is 15.3. The van der Waals surface area contributed by atoms with Crippen molar-refractivity contribution < 1.29 is 9.53 Å². The summed E-state index contributed by atoms with van der Waals surface area (Å²) >= 11 is 1.67. The Kier molecular flexibility index (Phi) is 9.56. The van der Waals surface area contributed by atoms with E-state index in [1.54, 1.807) is 18.9 Å². The molecule has 4 nitrogen and oxygen atoms in total. The number of carbonyl (C=O) groups excluding carboxylic acids is 1. The maximum Gasteiger partial charge on any atom is 0.222 e. The highest BCUT2D eigenvalue weighted by Crippen LogP contribution is 2.28. The average molecular weight is 373 g/mol. The largest absolute Gasteiger partial charge is 0.496 e. The number of rotatable bonds is 7. The van der Waals surface area contributed by atoms with E-state index in [0.717, 1.165) is 35.7 Å². The minimum atomic E-state index is 0. The molecule has 1 aliphatic rings. The lowest BCUT2D eigenvalue weighted by molar-refractivity contribution is -0.130. The molecule has 1 N–H and O–H groups in total. The van der Waals surface area contributed by atoms with Crippen molar-refractivity contribution in [2.75, 3.05) is 33.5 Å². The standard InChI is InChI=1S/C18H28N2O2S.ClH/c1-20(18(21)7-5-14-8-10-19-11-9-14)13-15-4-6-17(23-3)16(12-15)22-2;/h4,6,12,14,19H,5,7-11,13H2,1-3H3;1H. The Labute approximate surface area is 156 Å². The average Bonchev–Trinajstić information content (AvgIpc) is 2.60. The summed E-state index contributed by atoms with van der Waals surface area (Å²) in [7, 11) is 3.58. The molecule has 0 saturated carbocycles. The van der Waals surface area contributed by atoms with Crippen LogP contribution in [0.4, 0.5) is 0 Å². The normalized spacial score (nSPS) is 14.8. The van der Waals surface area contributed by atoms with E-state index in [-0.39, 0.29) is 18.3 Å². The quantitative estimate of drug-likeness (QED) is 0.743. The lowest BCUT2D eigenvalue weighted by atomic mass is 9.93. The van der Waals surface area contributed by atoms with Crippen LogP contribution in [0.3, 0.4) is 0 Å². The van der Waals surface area contributed by atoms with Gasteiger partial charge in [-0.2, -0.15) is 0 Å². The molecule has 0 unspecified atom stereocenters. The fraction of sp³-hybridized carbons (Fsp3) is 0.611. The molecule has 0 aromatic heterocycles. The summed E-state index contributed by atoms with van der Waals surface area (Å²) in [5.74, 6) is 1.82. The molecule has 1 aromatic rings. The first-order valence-corrected chi connectivity index (χ1v) is 9.52. The van der Waals surface area contributed by atoms with Crippen molar-refractivity contribution in [2.24, 2.45) is 5.92 Å². The molecule has 0 spiro atoms. The zero-order valence-corrected chi connectivity index (χ0v) is 16.5. The second-order valence-corrected chi connectivity index (χ2v) is 7.02. The molecule has 0 atom stereocenters. The molecular weight excluding hydrogens is 344 g/mol. The Balaban J connectivity index is 0.00000288. The third kappa shape index (κ3) is 6.19. The van der Waals surface area contributed by atoms with Crippen LogP contribution in [0.5, 0.6) is 5.75 Å². The Morgan fingerprint density at radius 1 is 1.38 bits per heavy atom. The molecule has 136 valence electrons. The van der Waals surface area contributed by atoms with Gasteiger partial charge in [-0.15, -0.1) is 24.2 Å². The number of piperidine rings is 1. The second kappa shape index (κ2) is 10.9. The minimum Gasteiger partial charge on any atom is -0.496 e. The number of hydrogen-bond acceptors (Lipinski definition) is 4. The van der Waals surface area contributed by atoms with Gasteiger partial charge in [0, 0.05) is 24.9 Å². The van der Waals surface area contributed by atoms with E-state index in [1.165, 1.54) is 12.8 Å². The topological polar surface area (TPSA) is 41.6 Å². The van der Waals surface area contributed by atoms with E-state index < -0.39 is 0 Å². The third-order valence-corrected chi connectivity index (χ3v) is 5.30. The summed E-state index contributed by atoms with van der Waals surface area (Å²) in [6.45, 7) is 2.82.